The Balaban J connectivity index is 2.46. The average molecular weight is 127 g/mol. The first-order valence-corrected chi connectivity index (χ1v) is 3.39. The first-order valence-electron chi connectivity index (χ1n) is 3.39. The van der Waals surface area contributed by atoms with E-state index < -0.39 is 7.12 Å². The van der Waals surface area contributed by atoms with Gasteiger partial charge in [-0.15, -0.1) is 0 Å². The third-order valence-electron chi connectivity index (χ3n) is 1.68. The van der Waals surface area contributed by atoms with Crippen molar-refractivity contribution in [2.75, 3.05) is 0 Å². The lowest BCUT2D eigenvalue weighted by Gasteiger charge is -2.06. The summed E-state index contributed by atoms with van der Waals surface area (Å²) in [5, 5.41) is 15.7. The Kier molecular flexibility index (Phi) is 2.31. The Hall–Kier alpha value is -0.275. The van der Waals surface area contributed by atoms with Crippen LogP contribution in [0, 0.1) is 0 Å². The Morgan fingerprint density at radius 1 is 1.56 bits per heavy atom. The minimum absolute atomic E-state index is 0.904. The van der Waals surface area contributed by atoms with Crippen LogP contribution in [0.25, 0.3) is 0 Å². The van der Waals surface area contributed by atoms with Gasteiger partial charge in [0.05, 0.1) is 0 Å². The van der Waals surface area contributed by atoms with E-state index >= 15 is 0 Å². The van der Waals surface area contributed by atoms with Crippen molar-refractivity contribution in [3.63, 3.8) is 0 Å². The highest BCUT2D eigenvalue weighted by molar-refractivity contribution is 6.50. The van der Waals surface area contributed by atoms with Gasteiger partial charge in [0.15, 0.2) is 0 Å². The van der Waals surface area contributed by atoms with Crippen LogP contribution < -0.4 is 0 Å². The van der Waals surface area contributed by atoms with Gasteiger partial charge in [0.1, 0.15) is 0 Å². The standard InChI is InChI=1S/C6H11BO2/c8-7(9)6-4-2-1-3-5-6/h4,8-9H,1-3,5H2/p+1. The van der Waals surface area contributed by atoms with Crippen LogP contribution in [0.5, 0.6) is 0 Å². The zero-order valence-corrected chi connectivity index (χ0v) is 5.43. The van der Waals surface area contributed by atoms with Crippen molar-refractivity contribution in [3.8, 4) is 0 Å². The lowest BCUT2D eigenvalue weighted by Crippen LogP contribution is -2.16. The molecule has 3 heteroatoms. The molecule has 0 heterocycles. The molecule has 1 aliphatic rings. The molecule has 0 atom stereocenters. The molecule has 0 aromatic heterocycles. The zero-order valence-electron chi connectivity index (χ0n) is 5.43. The van der Waals surface area contributed by atoms with Gasteiger partial charge in [0.2, 0.25) is 0 Å². The molecule has 3 N–H and O–H groups in total. The van der Waals surface area contributed by atoms with E-state index in [4.69, 9.17) is 10.0 Å². The van der Waals surface area contributed by atoms with Crippen molar-refractivity contribution in [1.82, 2.24) is 0 Å². The maximum atomic E-state index is 8.78. The molecule has 1 aliphatic carbocycles. The summed E-state index contributed by atoms with van der Waals surface area (Å²) in [4.78, 5) is 0. The second-order valence-corrected chi connectivity index (χ2v) is 2.43. The van der Waals surface area contributed by atoms with Crippen molar-refractivity contribution in [3.05, 3.63) is 11.5 Å². The first kappa shape index (κ1) is 6.84. The molecule has 0 aliphatic heterocycles. The SMILES string of the molecule is OB([OH2+])C1=CCCCC1. The summed E-state index contributed by atoms with van der Waals surface area (Å²) in [6.45, 7) is 0. The highest BCUT2D eigenvalue weighted by atomic mass is 16.4. The van der Waals surface area contributed by atoms with E-state index in [0.717, 1.165) is 24.7 Å². The summed E-state index contributed by atoms with van der Waals surface area (Å²) in [5.41, 5.74) is 0.904. The van der Waals surface area contributed by atoms with Gasteiger partial charge in [-0.25, -0.2) is 0 Å². The number of rotatable bonds is 1. The average Bonchev–Trinajstić information content (AvgIpc) is 1.90. The van der Waals surface area contributed by atoms with E-state index in [1.807, 2.05) is 6.08 Å². The fourth-order valence-corrected chi connectivity index (χ4v) is 1.11. The van der Waals surface area contributed by atoms with Crippen molar-refractivity contribution in [1.29, 1.82) is 0 Å². The van der Waals surface area contributed by atoms with Crippen LogP contribution in [0.1, 0.15) is 25.7 Å². The Morgan fingerprint density at radius 3 is 2.67 bits per heavy atom. The quantitative estimate of drug-likeness (QED) is 0.397. The molecule has 0 saturated heterocycles. The number of hydrogen-bond acceptors (Lipinski definition) is 1. The van der Waals surface area contributed by atoms with Crippen LogP contribution in [0.15, 0.2) is 11.5 Å². The van der Waals surface area contributed by atoms with E-state index in [-0.39, 0.29) is 0 Å². The maximum absolute atomic E-state index is 8.78. The van der Waals surface area contributed by atoms with Gasteiger partial charge < -0.3 is 10.0 Å². The fraction of sp³-hybridized carbons (Fsp3) is 0.667. The van der Waals surface area contributed by atoms with E-state index in [0.29, 0.717) is 0 Å². The molecule has 50 valence electrons. The molecule has 0 aromatic rings. The third-order valence-corrected chi connectivity index (χ3v) is 1.68. The fourth-order valence-electron chi connectivity index (χ4n) is 1.11. The second kappa shape index (κ2) is 3.04. The van der Waals surface area contributed by atoms with Gasteiger partial charge in [-0.2, -0.15) is 0 Å². The van der Waals surface area contributed by atoms with E-state index in [1.165, 1.54) is 6.42 Å². The Bertz CT molecular complexity index is 120. The first-order chi connectivity index (χ1) is 4.30. The Morgan fingerprint density at radius 2 is 2.33 bits per heavy atom. The molecule has 0 fully saturated rings. The number of hydrogen-bond donors (Lipinski definition) is 1. The molecular weight excluding hydrogens is 115 g/mol. The van der Waals surface area contributed by atoms with Crippen molar-refractivity contribution < 1.29 is 10.0 Å². The molecule has 9 heavy (non-hydrogen) atoms. The normalized spacial score (nSPS) is 19.1. The topological polar surface area (TPSA) is 43.1 Å². The molecule has 2 nitrogen and oxygen atoms in total. The van der Waals surface area contributed by atoms with Crippen LogP contribution >= 0.6 is 0 Å². The summed E-state index contributed by atoms with van der Waals surface area (Å²) in [5.74, 6) is 0. The second-order valence-electron chi connectivity index (χ2n) is 2.43. The smallest absolute Gasteiger partial charge is 0.523 e. The molecular formula is C6H12BO2+. The summed E-state index contributed by atoms with van der Waals surface area (Å²) in [7, 11) is -0.953. The third kappa shape index (κ3) is 1.84. The van der Waals surface area contributed by atoms with Crippen molar-refractivity contribution >= 4 is 7.12 Å². The minimum atomic E-state index is -0.953. The summed E-state index contributed by atoms with van der Waals surface area (Å²) in [6.07, 6.45) is 6.31. The van der Waals surface area contributed by atoms with E-state index in [9.17, 15) is 0 Å². The van der Waals surface area contributed by atoms with Crippen LogP contribution in [0.4, 0.5) is 0 Å². The van der Waals surface area contributed by atoms with Gasteiger partial charge in [-0.05, 0) is 25.7 Å². The predicted octanol–water partition coefficient (Wildman–Crippen LogP) is 0.231. The van der Waals surface area contributed by atoms with Crippen LogP contribution in [-0.4, -0.2) is 17.2 Å². The molecule has 0 bridgehead atoms. The molecule has 0 saturated carbocycles. The summed E-state index contributed by atoms with van der Waals surface area (Å²) in [6, 6.07) is 0. The summed E-state index contributed by atoms with van der Waals surface area (Å²) < 4.78 is 0. The molecule has 1 rings (SSSR count). The number of allylic oxidation sites excluding steroid dienone is 2. The molecule has 0 amide bonds. The monoisotopic (exact) mass is 127 g/mol. The maximum Gasteiger partial charge on any atom is 0.723 e. The molecule has 0 radical (unpaired) electrons. The van der Waals surface area contributed by atoms with Crippen LogP contribution in [0.3, 0.4) is 0 Å². The minimum Gasteiger partial charge on any atom is -0.523 e. The van der Waals surface area contributed by atoms with Gasteiger partial charge in [-0.1, -0.05) is 6.08 Å². The van der Waals surface area contributed by atoms with Crippen LogP contribution in [0.2, 0.25) is 0 Å². The lowest BCUT2D eigenvalue weighted by molar-refractivity contribution is 0.414. The van der Waals surface area contributed by atoms with Gasteiger partial charge in [-0.3, -0.25) is 0 Å². The molecule has 0 aromatic carbocycles. The molecule has 0 unspecified atom stereocenters. The van der Waals surface area contributed by atoms with Crippen molar-refractivity contribution in [2.45, 2.75) is 25.7 Å². The molecule has 0 spiro atoms. The van der Waals surface area contributed by atoms with Gasteiger partial charge >= 0.3 is 7.12 Å². The van der Waals surface area contributed by atoms with Gasteiger partial charge in [0.25, 0.3) is 0 Å². The van der Waals surface area contributed by atoms with Gasteiger partial charge in [0, 0.05) is 5.47 Å². The lowest BCUT2D eigenvalue weighted by atomic mass is 9.74. The van der Waals surface area contributed by atoms with E-state index in [1.54, 1.807) is 0 Å². The van der Waals surface area contributed by atoms with Crippen molar-refractivity contribution in [2.24, 2.45) is 0 Å². The Labute approximate surface area is 55.3 Å². The summed E-state index contributed by atoms with van der Waals surface area (Å²) >= 11 is 0. The highest BCUT2D eigenvalue weighted by Gasteiger charge is 2.25. The zero-order chi connectivity index (χ0) is 6.69. The highest BCUT2D eigenvalue weighted by Crippen LogP contribution is 2.17. The predicted molar refractivity (Wildman–Crippen MR) is 38.1 cm³/mol. The van der Waals surface area contributed by atoms with Crippen LogP contribution in [-0.2, 0) is 0 Å². The van der Waals surface area contributed by atoms with E-state index in [2.05, 4.69) is 0 Å². The largest absolute Gasteiger partial charge is 0.723 e.